The molecule has 0 spiro atoms. The quantitative estimate of drug-likeness (QED) is 0.727. The van der Waals surface area contributed by atoms with Crippen molar-refractivity contribution in [1.29, 1.82) is 0 Å². The van der Waals surface area contributed by atoms with Gasteiger partial charge in [0, 0.05) is 31.7 Å². The first kappa shape index (κ1) is 18.3. The first-order chi connectivity index (χ1) is 14.3. The third-order valence-corrected chi connectivity index (χ3v) is 6.11. The van der Waals surface area contributed by atoms with Gasteiger partial charge in [0.2, 0.25) is 0 Å². The van der Waals surface area contributed by atoms with Crippen LogP contribution in [0.25, 0.3) is 10.8 Å². The van der Waals surface area contributed by atoms with Gasteiger partial charge in [0.1, 0.15) is 0 Å². The van der Waals surface area contributed by atoms with Crippen LogP contribution in [0, 0.1) is 0 Å². The summed E-state index contributed by atoms with van der Waals surface area (Å²) in [6.07, 6.45) is 2.16. The lowest BCUT2D eigenvalue weighted by molar-refractivity contribution is 0.0342. The highest BCUT2D eigenvalue weighted by molar-refractivity contribution is 6.09. The molecule has 0 atom stereocenters. The van der Waals surface area contributed by atoms with Crippen molar-refractivity contribution < 1.29 is 9.53 Å². The molecule has 1 amide bonds. The Hall–Kier alpha value is -2.69. The van der Waals surface area contributed by atoms with Crippen LogP contribution < -0.4 is 5.32 Å². The summed E-state index contributed by atoms with van der Waals surface area (Å²) in [4.78, 5) is 15.3. The molecular formula is C25H26N2O2. The van der Waals surface area contributed by atoms with Gasteiger partial charge in [-0.15, -0.1) is 0 Å². The Balaban J connectivity index is 1.25. The lowest BCUT2D eigenvalue weighted by atomic mass is 9.99. The summed E-state index contributed by atoms with van der Waals surface area (Å²) < 4.78 is 5.41. The molecule has 0 radical (unpaired) electrons. The van der Waals surface area contributed by atoms with E-state index < -0.39 is 0 Å². The molecule has 3 aromatic carbocycles. The average Bonchev–Trinajstić information content (AvgIpc) is 3.19. The van der Waals surface area contributed by atoms with E-state index in [1.54, 1.807) is 0 Å². The summed E-state index contributed by atoms with van der Waals surface area (Å²) >= 11 is 0. The van der Waals surface area contributed by atoms with E-state index in [0.29, 0.717) is 6.54 Å². The fourth-order valence-corrected chi connectivity index (χ4v) is 4.50. The number of nitrogens with one attached hydrogen (secondary N) is 1. The van der Waals surface area contributed by atoms with Crippen LogP contribution in [0.4, 0.5) is 0 Å². The Bertz CT molecular complexity index is 1030. The van der Waals surface area contributed by atoms with Crippen LogP contribution in [-0.4, -0.2) is 37.1 Å². The average molecular weight is 386 g/mol. The maximum absolute atomic E-state index is 12.9. The van der Waals surface area contributed by atoms with Crippen LogP contribution in [0.2, 0.25) is 0 Å². The molecule has 1 aliphatic heterocycles. The van der Waals surface area contributed by atoms with Crippen molar-refractivity contribution in [3.63, 3.8) is 0 Å². The largest absolute Gasteiger partial charge is 0.379 e. The molecule has 148 valence electrons. The number of nitrogens with zero attached hydrogens (tertiary/aromatic N) is 1. The van der Waals surface area contributed by atoms with Crippen molar-refractivity contribution in [2.45, 2.75) is 25.9 Å². The molecule has 0 saturated carbocycles. The molecule has 29 heavy (non-hydrogen) atoms. The Labute approximate surface area is 171 Å². The minimum absolute atomic E-state index is 0.00186. The Kier molecular flexibility index (Phi) is 5.04. The Morgan fingerprint density at radius 1 is 0.897 bits per heavy atom. The van der Waals surface area contributed by atoms with Gasteiger partial charge in [-0.3, -0.25) is 9.69 Å². The minimum atomic E-state index is -0.00186. The molecule has 5 rings (SSSR count). The molecule has 1 aliphatic carbocycles. The SMILES string of the molecule is O=C(NCc1ccc(CN2CCOCC2)cc1)c1ccc2c3c(cccc13)CC2. The maximum atomic E-state index is 12.9. The third kappa shape index (κ3) is 3.78. The third-order valence-electron chi connectivity index (χ3n) is 6.11. The van der Waals surface area contributed by atoms with Gasteiger partial charge < -0.3 is 10.1 Å². The number of morpholine rings is 1. The van der Waals surface area contributed by atoms with Crippen LogP contribution in [-0.2, 0) is 30.7 Å². The summed E-state index contributed by atoms with van der Waals surface area (Å²) in [6, 6.07) is 19.0. The van der Waals surface area contributed by atoms with Crippen molar-refractivity contribution in [3.05, 3.63) is 82.4 Å². The number of ether oxygens (including phenoxy) is 1. The smallest absolute Gasteiger partial charge is 0.252 e. The van der Waals surface area contributed by atoms with Gasteiger partial charge in [0.15, 0.2) is 0 Å². The van der Waals surface area contributed by atoms with Crippen molar-refractivity contribution in [1.82, 2.24) is 10.2 Å². The molecule has 4 heteroatoms. The van der Waals surface area contributed by atoms with Crippen LogP contribution in [0.3, 0.4) is 0 Å². The highest BCUT2D eigenvalue weighted by Crippen LogP contribution is 2.32. The van der Waals surface area contributed by atoms with E-state index >= 15 is 0 Å². The number of hydrogen-bond acceptors (Lipinski definition) is 3. The van der Waals surface area contributed by atoms with Gasteiger partial charge in [-0.05, 0) is 51.9 Å². The van der Waals surface area contributed by atoms with Crippen LogP contribution in [0.15, 0.2) is 54.6 Å². The van der Waals surface area contributed by atoms with Crippen LogP contribution in [0.5, 0.6) is 0 Å². The molecule has 1 fully saturated rings. The lowest BCUT2D eigenvalue weighted by Crippen LogP contribution is -2.35. The normalized spacial score (nSPS) is 16.3. The number of carbonyl (C=O) groups is 1. The van der Waals surface area contributed by atoms with Crippen LogP contribution >= 0.6 is 0 Å². The number of benzene rings is 3. The second kappa shape index (κ2) is 7.97. The van der Waals surface area contributed by atoms with Gasteiger partial charge >= 0.3 is 0 Å². The number of hydrogen-bond donors (Lipinski definition) is 1. The first-order valence-electron chi connectivity index (χ1n) is 10.5. The van der Waals surface area contributed by atoms with E-state index in [9.17, 15) is 4.79 Å². The van der Waals surface area contributed by atoms with Crippen molar-refractivity contribution >= 4 is 16.7 Å². The van der Waals surface area contributed by atoms with Gasteiger partial charge in [0.25, 0.3) is 5.91 Å². The van der Waals surface area contributed by atoms with Gasteiger partial charge in [-0.1, -0.05) is 48.5 Å². The molecule has 0 aromatic heterocycles. The summed E-state index contributed by atoms with van der Waals surface area (Å²) in [5, 5.41) is 5.47. The van der Waals surface area contributed by atoms with E-state index in [2.05, 4.69) is 58.7 Å². The van der Waals surface area contributed by atoms with Crippen molar-refractivity contribution in [2.24, 2.45) is 0 Å². The standard InChI is InChI=1S/C25H26N2O2/c28-25(23-11-10-21-9-8-20-2-1-3-22(23)24(20)21)26-16-18-4-6-19(7-5-18)17-27-12-14-29-15-13-27/h1-7,10-11H,8-9,12-17H2,(H,26,28). The Morgan fingerprint density at radius 3 is 2.41 bits per heavy atom. The Morgan fingerprint density at radius 2 is 1.62 bits per heavy atom. The molecule has 2 aliphatic rings. The van der Waals surface area contributed by atoms with Crippen LogP contribution in [0.1, 0.15) is 32.6 Å². The zero-order valence-electron chi connectivity index (χ0n) is 16.6. The molecule has 0 bridgehead atoms. The van der Waals surface area contributed by atoms with E-state index in [-0.39, 0.29) is 5.91 Å². The van der Waals surface area contributed by atoms with E-state index in [4.69, 9.17) is 4.74 Å². The molecular weight excluding hydrogens is 360 g/mol. The van der Waals surface area contributed by atoms with Gasteiger partial charge in [-0.2, -0.15) is 0 Å². The predicted octanol–water partition coefficient (Wildman–Crippen LogP) is 3.70. The maximum Gasteiger partial charge on any atom is 0.252 e. The summed E-state index contributed by atoms with van der Waals surface area (Å²) in [7, 11) is 0. The molecule has 4 nitrogen and oxygen atoms in total. The fraction of sp³-hybridized carbons (Fsp3) is 0.320. The molecule has 3 aromatic rings. The topological polar surface area (TPSA) is 41.6 Å². The zero-order valence-corrected chi connectivity index (χ0v) is 16.6. The molecule has 1 heterocycles. The lowest BCUT2D eigenvalue weighted by Gasteiger charge is -2.26. The van der Waals surface area contributed by atoms with Gasteiger partial charge in [-0.25, -0.2) is 0 Å². The summed E-state index contributed by atoms with van der Waals surface area (Å²) in [6.45, 7) is 5.12. The molecule has 0 unspecified atom stereocenters. The number of carbonyl (C=O) groups excluding carboxylic acids is 1. The number of amides is 1. The highest BCUT2D eigenvalue weighted by atomic mass is 16.5. The monoisotopic (exact) mass is 386 g/mol. The predicted molar refractivity (Wildman–Crippen MR) is 115 cm³/mol. The van der Waals surface area contributed by atoms with E-state index in [0.717, 1.165) is 62.2 Å². The van der Waals surface area contributed by atoms with E-state index in [1.807, 2.05) is 6.07 Å². The summed E-state index contributed by atoms with van der Waals surface area (Å²) in [5.74, 6) is -0.00186. The number of rotatable bonds is 5. The molecule has 1 saturated heterocycles. The second-order valence-electron chi connectivity index (χ2n) is 8.00. The minimum Gasteiger partial charge on any atom is -0.379 e. The first-order valence-corrected chi connectivity index (χ1v) is 10.5. The van der Waals surface area contributed by atoms with Crippen molar-refractivity contribution in [3.8, 4) is 0 Å². The fourth-order valence-electron chi connectivity index (χ4n) is 4.50. The van der Waals surface area contributed by atoms with E-state index in [1.165, 1.54) is 22.1 Å². The zero-order chi connectivity index (χ0) is 19.6. The summed E-state index contributed by atoms with van der Waals surface area (Å²) in [5.41, 5.74) is 5.92. The molecule has 1 N–H and O–H groups in total. The number of aryl methyl sites for hydroxylation is 2. The highest BCUT2D eigenvalue weighted by Gasteiger charge is 2.18. The second-order valence-corrected chi connectivity index (χ2v) is 8.00. The van der Waals surface area contributed by atoms with Crippen molar-refractivity contribution in [2.75, 3.05) is 26.3 Å². The van der Waals surface area contributed by atoms with Gasteiger partial charge in [0.05, 0.1) is 13.2 Å².